The normalized spacial score (nSPS) is 10.4. The molecule has 1 aromatic rings. The standard InChI is InChI=1S/C13H21N3O/c1-10(2)16(4)13(17)9-15(3)12-7-5-11(14)6-8-12/h5-8,10H,9,14H2,1-4H3. The summed E-state index contributed by atoms with van der Waals surface area (Å²) in [6.45, 7) is 4.38. The number of anilines is 2. The molecule has 0 bridgehead atoms. The zero-order valence-electron chi connectivity index (χ0n) is 11.0. The fourth-order valence-electron chi connectivity index (χ4n) is 1.42. The van der Waals surface area contributed by atoms with Crippen molar-refractivity contribution in [1.82, 2.24) is 4.90 Å². The molecule has 1 aromatic carbocycles. The Kier molecular flexibility index (Phi) is 4.37. The van der Waals surface area contributed by atoms with Gasteiger partial charge in [0.15, 0.2) is 0 Å². The number of nitrogens with two attached hydrogens (primary N) is 1. The number of nitrogens with zero attached hydrogens (tertiary/aromatic N) is 2. The molecule has 1 amide bonds. The third-order valence-electron chi connectivity index (χ3n) is 2.87. The molecule has 4 nitrogen and oxygen atoms in total. The fourth-order valence-corrected chi connectivity index (χ4v) is 1.42. The lowest BCUT2D eigenvalue weighted by atomic mass is 10.2. The van der Waals surface area contributed by atoms with Gasteiger partial charge in [-0.05, 0) is 38.1 Å². The van der Waals surface area contributed by atoms with Crippen molar-refractivity contribution in [2.24, 2.45) is 0 Å². The number of likely N-dealkylation sites (N-methyl/N-ethyl adjacent to an activating group) is 2. The van der Waals surface area contributed by atoms with Gasteiger partial charge in [-0.3, -0.25) is 4.79 Å². The van der Waals surface area contributed by atoms with Gasteiger partial charge in [0.25, 0.3) is 0 Å². The van der Waals surface area contributed by atoms with Gasteiger partial charge in [0.2, 0.25) is 5.91 Å². The van der Waals surface area contributed by atoms with Crippen molar-refractivity contribution in [3.8, 4) is 0 Å². The number of rotatable bonds is 4. The van der Waals surface area contributed by atoms with Gasteiger partial charge in [-0.15, -0.1) is 0 Å². The third kappa shape index (κ3) is 3.66. The Morgan fingerprint density at radius 1 is 1.24 bits per heavy atom. The van der Waals surface area contributed by atoms with Crippen LogP contribution >= 0.6 is 0 Å². The molecule has 2 N–H and O–H groups in total. The molecule has 0 aliphatic heterocycles. The van der Waals surface area contributed by atoms with Gasteiger partial charge in [0.05, 0.1) is 6.54 Å². The molecular weight excluding hydrogens is 214 g/mol. The fraction of sp³-hybridized carbons (Fsp3) is 0.462. The molecule has 94 valence electrons. The molecule has 0 radical (unpaired) electrons. The van der Waals surface area contributed by atoms with E-state index < -0.39 is 0 Å². The first-order valence-corrected chi connectivity index (χ1v) is 5.74. The molecule has 0 spiro atoms. The van der Waals surface area contributed by atoms with Crippen molar-refractivity contribution in [2.45, 2.75) is 19.9 Å². The maximum absolute atomic E-state index is 11.9. The highest BCUT2D eigenvalue weighted by molar-refractivity contribution is 5.81. The van der Waals surface area contributed by atoms with Gasteiger partial charge in [-0.2, -0.15) is 0 Å². The molecule has 0 aliphatic rings. The van der Waals surface area contributed by atoms with Gasteiger partial charge in [-0.1, -0.05) is 0 Å². The SMILES string of the molecule is CC(C)N(C)C(=O)CN(C)c1ccc(N)cc1. The van der Waals surface area contributed by atoms with Gasteiger partial charge in [0.1, 0.15) is 0 Å². The van der Waals surface area contributed by atoms with Crippen LogP contribution < -0.4 is 10.6 Å². The van der Waals surface area contributed by atoms with Crippen LogP contribution in [0.3, 0.4) is 0 Å². The van der Waals surface area contributed by atoms with Crippen molar-refractivity contribution >= 4 is 17.3 Å². The second kappa shape index (κ2) is 5.57. The van der Waals surface area contributed by atoms with Gasteiger partial charge in [-0.25, -0.2) is 0 Å². The van der Waals surface area contributed by atoms with Crippen LogP contribution in [-0.4, -0.2) is 37.5 Å². The maximum Gasteiger partial charge on any atom is 0.242 e. The number of hydrogen-bond acceptors (Lipinski definition) is 3. The summed E-state index contributed by atoms with van der Waals surface area (Å²) in [5.41, 5.74) is 7.34. The summed E-state index contributed by atoms with van der Waals surface area (Å²) in [6.07, 6.45) is 0. The van der Waals surface area contributed by atoms with Crippen LogP contribution in [0.4, 0.5) is 11.4 Å². The molecular formula is C13H21N3O. The van der Waals surface area contributed by atoms with E-state index in [1.807, 2.05) is 57.1 Å². The molecule has 17 heavy (non-hydrogen) atoms. The van der Waals surface area contributed by atoms with Crippen LogP contribution in [0.15, 0.2) is 24.3 Å². The van der Waals surface area contributed by atoms with E-state index in [4.69, 9.17) is 5.73 Å². The molecule has 1 rings (SSSR count). The summed E-state index contributed by atoms with van der Waals surface area (Å²) in [5, 5.41) is 0. The molecule has 0 heterocycles. The van der Waals surface area contributed by atoms with E-state index in [1.54, 1.807) is 4.90 Å². The van der Waals surface area contributed by atoms with Gasteiger partial charge >= 0.3 is 0 Å². The van der Waals surface area contributed by atoms with E-state index >= 15 is 0 Å². The summed E-state index contributed by atoms with van der Waals surface area (Å²) in [4.78, 5) is 15.6. The highest BCUT2D eigenvalue weighted by Gasteiger charge is 2.14. The average Bonchev–Trinajstić information content (AvgIpc) is 2.28. The van der Waals surface area contributed by atoms with Crippen LogP contribution in [0.2, 0.25) is 0 Å². The first kappa shape index (κ1) is 13.4. The summed E-state index contributed by atoms with van der Waals surface area (Å²) in [7, 11) is 3.72. The predicted octanol–water partition coefficient (Wildman–Crippen LogP) is 1.57. The zero-order valence-corrected chi connectivity index (χ0v) is 11.0. The Bertz CT molecular complexity index is 373. The second-order valence-electron chi connectivity index (χ2n) is 4.55. The van der Waals surface area contributed by atoms with E-state index in [9.17, 15) is 4.79 Å². The van der Waals surface area contributed by atoms with Crippen LogP contribution in [-0.2, 0) is 4.79 Å². The topological polar surface area (TPSA) is 49.6 Å². The van der Waals surface area contributed by atoms with Gasteiger partial charge in [0, 0.05) is 31.5 Å². The van der Waals surface area contributed by atoms with Crippen molar-refractivity contribution in [3.63, 3.8) is 0 Å². The Hall–Kier alpha value is -1.71. The van der Waals surface area contributed by atoms with E-state index in [1.165, 1.54) is 0 Å². The number of hydrogen-bond donors (Lipinski definition) is 1. The predicted molar refractivity (Wildman–Crippen MR) is 72.0 cm³/mol. The minimum absolute atomic E-state index is 0.110. The lowest BCUT2D eigenvalue weighted by Gasteiger charge is -2.26. The molecule has 0 saturated carbocycles. The Balaban J connectivity index is 2.63. The highest BCUT2D eigenvalue weighted by Crippen LogP contribution is 2.14. The molecule has 4 heteroatoms. The third-order valence-corrected chi connectivity index (χ3v) is 2.87. The van der Waals surface area contributed by atoms with E-state index in [0.717, 1.165) is 11.4 Å². The summed E-state index contributed by atoms with van der Waals surface area (Å²) in [6, 6.07) is 7.73. The minimum atomic E-state index is 0.110. The van der Waals surface area contributed by atoms with E-state index in [2.05, 4.69) is 0 Å². The lowest BCUT2D eigenvalue weighted by molar-refractivity contribution is -0.129. The van der Waals surface area contributed by atoms with Crippen molar-refractivity contribution < 1.29 is 4.79 Å². The molecule has 0 unspecified atom stereocenters. The zero-order chi connectivity index (χ0) is 13.0. The first-order chi connectivity index (χ1) is 7.91. The molecule has 0 saturated heterocycles. The second-order valence-corrected chi connectivity index (χ2v) is 4.55. The van der Waals surface area contributed by atoms with Crippen LogP contribution in [0.25, 0.3) is 0 Å². The first-order valence-electron chi connectivity index (χ1n) is 5.74. The Labute approximate surface area is 103 Å². The molecule has 0 atom stereocenters. The van der Waals surface area contributed by atoms with Crippen molar-refractivity contribution in [3.05, 3.63) is 24.3 Å². The number of carbonyl (C=O) groups excluding carboxylic acids is 1. The van der Waals surface area contributed by atoms with Crippen LogP contribution in [0, 0.1) is 0 Å². The summed E-state index contributed by atoms with van der Waals surface area (Å²) in [5.74, 6) is 0.110. The molecule has 0 aliphatic carbocycles. The monoisotopic (exact) mass is 235 g/mol. The smallest absolute Gasteiger partial charge is 0.242 e. The average molecular weight is 235 g/mol. The quantitative estimate of drug-likeness (QED) is 0.806. The largest absolute Gasteiger partial charge is 0.399 e. The number of carbonyl (C=O) groups is 1. The Morgan fingerprint density at radius 2 is 1.76 bits per heavy atom. The maximum atomic E-state index is 11.9. The summed E-state index contributed by atoms with van der Waals surface area (Å²) >= 11 is 0. The highest BCUT2D eigenvalue weighted by atomic mass is 16.2. The number of amides is 1. The van der Waals surface area contributed by atoms with Gasteiger partial charge < -0.3 is 15.5 Å². The Morgan fingerprint density at radius 3 is 2.24 bits per heavy atom. The number of benzene rings is 1. The molecule has 0 fully saturated rings. The van der Waals surface area contributed by atoms with Crippen molar-refractivity contribution in [1.29, 1.82) is 0 Å². The number of nitrogen functional groups attached to an aromatic ring is 1. The molecule has 0 aromatic heterocycles. The lowest BCUT2D eigenvalue weighted by Crippen LogP contribution is -2.40. The van der Waals surface area contributed by atoms with Crippen LogP contribution in [0.5, 0.6) is 0 Å². The van der Waals surface area contributed by atoms with E-state index in [0.29, 0.717) is 6.54 Å². The van der Waals surface area contributed by atoms with E-state index in [-0.39, 0.29) is 11.9 Å². The minimum Gasteiger partial charge on any atom is -0.399 e. The van der Waals surface area contributed by atoms with Crippen molar-refractivity contribution in [2.75, 3.05) is 31.3 Å². The van der Waals surface area contributed by atoms with Crippen LogP contribution in [0.1, 0.15) is 13.8 Å². The summed E-state index contributed by atoms with van der Waals surface area (Å²) < 4.78 is 0.